The van der Waals surface area contributed by atoms with E-state index >= 15 is 0 Å². The fourth-order valence-corrected chi connectivity index (χ4v) is 8.42. The molecule has 60 heavy (non-hydrogen) atoms. The molecule has 0 bridgehead atoms. The third kappa shape index (κ3) is 13.8. The van der Waals surface area contributed by atoms with Crippen LogP contribution in [-0.2, 0) is 25.2 Å². The van der Waals surface area contributed by atoms with Crippen molar-refractivity contribution in [2.45, 2.75) is 155 Å². The Balaban J connectivity index is 1.34. The second kappa shape index (κ2) is 18.6. The number of ether oxygens (including phenoxy) is 2. The molecule has 1 aliphatic carbocycles. The molecule has 3 atom stereocenters. The summed E-state index contributed by atoms with van der Waals surface area (Å²) < 4.78 is 19.2. The van der Waals surface area contributed by atoms with Crippen molar-refractivity contribution in [3.8, 4) is 5.69 Å². The molecule has 1 saturated heterocycles. The number of aromatic nitrogens is 2. The van der Waals surface area contributed by atoms with Crippen LogP contribution in [-0.4, -0.2) is 125 Å². The van der Waals surface area contributed by atoms with E-state index in [0.29, 0.717) is 12.2 Å². The summed E-state index contributed by atoms with van der Waals surface area (Å²) in [5.41, 5.74) is -1.37. The average molecular weight is 855 g/mol. The van der Waals surface area contributed by atoms with Crippen LogP contribution in [0.15, 0.2) is 41.3 Å². The van der Waals surface area contributed by atoms with Gasteiger partial charge in [-0.15, -0.1) is 0 Å². The highest BCUT2D eigenvalue weighted by Crippen LogP contribution is 2.39. The first kappa shape index (κ1) is 48.2. The molecule has 2 fully saturated rings. The molecule has 2 aromatic rings. The smallest absolute Gasteiger partial charge is 0.408 e. The number of piperazine rings is 1. The molecular weight excluding hydrogens is 785 g/mol. The van der Waals surface area contributed by atoms with Crippen molar-refractivity contribution >= 4 is 38.3 Å². The molecule has 3 N–H and O–H groups in total. The Morgan fingerprint density at radius 1 is 0.800 bits per heavy atom. The van der Waals surface area contributed by atoms with Crippen molar-refractivity contribution < 1.29 is 33.1 Å². The fourth-order valence-electron chi connectivity index (χ4n) is 7.04. The van der Waals surface area contributed by atoms with E-state index in [1.54, 1.807) is 56.7 Å². The van der Waals surface area contributed by atoms with Gasteiger partial charge in [0, 0.05) is 57.1 Å². The summed E-state index contributed by atoms with van der Waals surface area (Å²) in [5.74, 6) is -0.171. The lowest BCUT2D eigenvalue weighted by Crippen LogP contribution is -2.60. The van der Waals surface area contributed by atoms with Crippen LogP contribution < -0.4 is 21.6 Å². The fraction of sp³-hybridized carbons (Fsp3) is 0.674. The molecule has 1 aliphatic heterocycles. The molecule has 2 aliphatic rings. The highest BCUT2D eigenvalue weighted by atomic mass is 28.4. The number of anilines is 1. The number of carbonyl (C=O) groups is 4. The summed E-state index contributed by atoms with van der Waals surface area (Å²) >= 11 is 0. The monoisotopic (exact) mass is 855 g/mol. The maximum atomic E-state index is 13.2. The van der Waals surface area contributed by atoms with Gasteiger partial charge in [-0.3, -0.25) is 19.6 Å². The number of rotatable bonds is 10. The molecule has 5 amide bonds. The second-order valence-electron chi connectivity index (χ2n) is 20.2. The average Bonchev–Trinajstić information content (AvgIpc) is 3.09. The first-order valence-corrected chi connectivity index (χ1v) is 23.9. The third-order valence-electron chi connectivity index (χ3n) is 11.1. The van der Waals surface area contributed by atoms with Gasteiger partial charge in [0.1, 0.15) is 22.6 Å². The highest BCUT2D eigenvalue weighted by Gasteiger charge is 2.42. The largest absolute Gasteiger partial charge is 0.444 e. The predicted octanol–water partition coefficient (Wildman–Crippen LogP) is 6.48. The maximum absolute atomic E-state index is 13.2. The van der Waals surface area contributed by atoms with E-state index in [0.717, 1.165) is 24.8 Å². The van der Waals surface area contributed by atoms with Gasteiger partial charge in [0.25, 0.3) is 0 Å². The summed E-state index contributed by atoms with van der Waals surface area (Å²) in [6.07, 6.45) is 2.81. The minimum absolute atomic E-state index is 0.00341. The molecule has 0 spiro atoms. The quantitative estimate of drug-likeness (QED) is 0.224. The third-order valence-corrected chi connectivity index (χ3v) is 15.7. The first-order valence-electron chi connectivity index (χ1n) is 20.9. The standard InChI is InChI=1S/C43H70N8O8Si/c1-40(2,3)57-38(55)44-30-25-32(27-33(26-30)59-60(13,14)42(7,8)9)48(12)28-29-15-17-31(18-16-29)51-20-19-34(46-37(51)54)45-36(53)50-23-21-49(22-24-50)35(52)43(10,11)47-39(56)58-41(4,5)6/h15-20,30,32-33H,21-28H2,1-14H3,(H,44,55)(H,47,56)(H,45,46,53,54). The van der Waals surface area contributed by atoms with E-state index in [4.69, 9.17) is 13.9 Å². The van der Waals surface area contributed by atoms with E-state index in [-0.39, 0.29) is 61.1 Å². The molecule has 2 heterocycles. The summed E-state index contributed by atoms with van der Waals surface area (Å²) in [4.78, 5) is 74.2. The molecule has 1 aromatic carbocycles. The SMILES string of the molecule is CN(Cc1ccc(-n2ccc(NC(=O)N3CCN(C(=O)C(C)(C)NC(=O)OC(C)(C)C)CC3)nc2=O)cc1)C1CC(NC(=O)OC(C)(C)C)CC(O[Si](C)(C)C(C)(C)C)C1. The van der Waals surface area contributed by atoms with Gasteiger partial charge in [-0.25, -0.2) is 19.2 Å². The van der Waals surface area contributed by atoms with E-state index in [9.17, 15) is 24.0 Å². The van der Waals surface area contributed by atoms with Crippen LogP contribution in [0, 0.1) is 0 Å². The highest BCUT2D eigenvalue weighted by molar-refractivity contribution is 6.74. The maximum Gasteiger partial charge on any atom is 0.408 e. The summed E-state index contributed by atoms with van der Waals surface area (Å²) in [5, 5.41) is 8.51. The zero-order valence-corrected chi connectivity index (χ0v) is 39.4. The summed E-state index contributed by atoms with van der Waals surface area (Å²) in [6, 6.07) is 8.88. The van der Waals surface area contributed by atoms with Gasteiger partial charge >= 0.3 is 23.9 Å². The van der Waals surface area contributed by atoms with E-state index < -0.39 is 49.0 Å². The van der Waals surface area contributed by atoms with Crippen LogP contribution in [0.2, 0.25) is 18.1 Å². The lowest BCUT2D eigenvalue weighted by molar-refractivity contribution is -0.138. The zero-order valence-electron chi connectivity index (χ0n) is 38.4. The van der Waals surface area contributed by atoms with Crippen LogP contribution in [0.5, 0.6) is 0 Å². The van der Waals surface area contributed by atoms with Gasteiger partial charge in [0.05, 0.1) is 5.69 Å². The minimum atomic E-state index is -2.06. The lowest BCUT2D eigenvalue weighted by Gasteiger charge is -2.45. The summed E-state index contributed by atoms with van der Waals surface area (Å²) in [6.45, 7) is 27.0. The first-order chi connectivity index (χ1) is 27.5. The van der Waals surface area contributed by atoms with Gasteiger partial charge < -0.3 is 34.3 Å². The van der Waals surface area contributed by atoms with Crippen molar-refractivity contribution in [1.82, 2.24) is 34.9 Å². The Morgan fingerprint density at radius 2 is 1.37 bits per heavy atom. The number of alkyl carbamates (subject to hydrolysis) is 2. The summed E-state index contributed by atoms with van der Waals surface area (Å²) in [7, 11) is 0.0247. The number of amides is 5. The molecule has 3 unspecified atom stereocenters. The minimum Gasteiger partial charge on any atom is -0.444 e. The van der Waals surface area contributed by atoms with Crippen LogP contribution in [0.1, 0.15) is 101 Å². The predicted molar refractivity (Wildman–Crippen MR) is 235 cm³/mol. The van der Waals surface area contributed by atoms with Gasteiger partial charge in [0.15, 0.2) is 8.32 Å². The van der Waals surface area contributed by atoms with Gasteiger partial charge in [0.2, 0.25) is 5.91 Å². The van der Waals surface area contributed by atoms with Crippen molar-refractivity contribution in [1.29, 1.82) is 0 Å². The van der Waals surface area contributed by atoms with E-state index in [1.807, 2.05) is 45.0 Å². The molecule has 1 saturated carbocycles. The number of urea groups is 1. The molecule has 0 radical (unpaired) electrons. The van der Waals surface area contributed by atoms with Gasteiger partial charge in [-0.1, -0.05) is 32.9 Å². The number of benzene rings is 1. The lowest BCUT2D eigenvalue weighted by atomic mass is 9.88. The van der Waals surface area contributed by atoms with Crippen LogP contribution >= 0.6 is 0 Å². The number of hydrogen-bond acceptors (Lipinski definition) is 10. The number of nitrogens with one attached hydrogen (secondary N) is 3. The molecule has 4 rings (SSSR count). The van der Waals surface area contributed by atoms with Crippen LogP contribution in [0.3, 0.4) is 0 Å². The van der Waals surface area contributed by atoms with Gasteiger partial charge in [-0.2, -0.15) is 4.98 Å². The number of hydrogen-bond donors (Lipinski definition) is 3. The number of nitrogens with zero attached hydrogens (tertiary/aromatic N) is 5. The Kier molecular flexibility index (Phi) is 15.0. The van der Waals surface area contributed by atoms with E-state index in [1.165, 1.54) is 4.57 Å². The normalized spacial score (nSPS) is 19.4. The zero-order chi connectivity index (χ0) is 45.0. The molecule has 17 heteroatoms. The Morgan fingerprint density at radius 3 is 1.92 bits per heavy atom. The van der Waals surface area contributed by atoms with Crippen molar-refractivity contribution in [2.75, 3.05) is 38.5 Å². The van der Waals surface area contributed by atoms with Crippen LogP contribution in [0.25, 0.3) is 5.69 Å². The Hall–Kier alpha value is -4.48. The van der Waals surface area contributed by atoms with E-state index in [2.05, 4.69) is 66.7 Å². The Bertz CT molecular complexity index is 1890. The molecule has 16 nitrogen and oxygen atoms in total. The molecule has 1 aromatic heterocycles. The van der Waals surface area contributed by atoms with Crippen LogP contribution in [0.4, 0.5) is 20.2 Å². The molecule has 334 valence electrons. The number of carbonyl (C=O) groups excluding carboxylic acids is 4. The van der Waals surface area contributed by atoms with Crippen molar-refractivity contribution in [2.24, 2.45) is 0 Å². The van der Waals surface area contributed by atoms with Crippen molar-refractivity contribution in [3.05, 3.63) is 52.6 Å². The topological polar surface area (TPSA) is 177 Å². The Labute approximate surface area is 357 Å². The molecular formula is C43H70N8O8Si. The van der Waals surface area contributed by atoms with Gasteiger partial charge in [-0.05, 0) is 124 Å². The second-order valence-corrected chi connectivity index (χ2v) is 25.0. The van der Waals surface area contributed by atoms with Crippen molar-refractivity contribution in [3.63, 3.8) is 0 Å².